The van der Waals surface area contributed by atoms with E-state index in [1.807, 2.05) is 24.3 Å². The van der Waals surface area contributed by atoms with Gasteiger partial charge in [0.05, 0.1) is 0 Å². The van der Waals surface area contributed by atoms with Gasteiger partial charge in [-0.3, -0.25) is 9.59 Å². The van der Waals surface area contributed by atoms with Gasteiger partial charge in [-0.15, -0.1) is 0 Å². The van der Waals surface area contributed by atoms with Gasteiger partial charge in [-0.2, -0.15) is 0 Å². The highest BCUT2D eigenvalue weighted by Gasteiger charge is 2.20. The zero-order valence-electron chi connectivity index (χ0n) is 17.3. The molecule has 0 aliphatic rings. The lowest BCUT2D eigenvalue weighted by molar-refractivity contribution is -0.117. The second-order valence-corrected chi connectivity index (χ2v) is 7.58. The average Bonchev–Trinajstić information content (AvgIpc) is 3.07. The van der Waals surface area contributed by atoms with E-state index in [1.54, 1.807) is 17.9 Å². The maximum Gasteiger partial charge on any atom is 0.254 e. The molecule has 2 rings (SSSR count). The summed E-state index contributed by atoms with van der Waals surface area (Å²) in [4.78, 5) is 27.0. The number of aryl methyl sites for hydroxylation is 2. The predicted molar refractivity (Wildman–Crippen MR) is 110 cm³/mol. The number of nitrogens with zero attached hydrogens (tertiary/aromatic N) is 2. The Morgan fingerprint density at radius 3 is 2.50 bits per heavy atom. The normalized spacial score (nSPS) is 10.9. The molecule has 1 N–H and O–H groups in total. The van der Waals surface area contributed by atoms with Gasteiger partial charge in [-0.25, -0.2) is 0 Å². The van der Waals surface area contributed by atoms with Gasteiger partial charge in [-0.1, -0.05) is 44.5 Å². The van der Waals surface area contributed by atoms with Crippen molar-refractivity contribution in [1.29, 1.82) is 0 Å². The van der Waals surface area contributed by atoms with Crippen molar-refractivity contribution in [3.63, 3.8) is 0 Å². The second-order valence-electron chi connectivity index (χ2n) is 7.58. The number of carbonyl (C=O) groups is 2. The van der Waals surface area contributed by atoms with Crippen LogP contribution in [0.3, 0.4) is 0 Å². The molecule has 0 radical (unpaired) electrons. The van der Waals surface area contributed by atoms with Crippen LogP contribution in [0.5, 0.6) is 0 Å². The van der Waals surface area contributed by atoms with Crippen LogP contribution in [0.2, 0.25) is 0 Å². The Hall–Kier alpha value is -2.63. The van der Waals surface area contributed by atoms with Crippen LogP contribution in [0.4, 0.5) is 5.82 Å². The maximum atomic E-state index is 13.0. The summed E-state index contributed by atoms with van der Waals surface area (Å²) >= 11 is 0. The molecule has 1 aromatic heterocycles. The van der Waals surface area contributed by atoms with Crippen LogP contribution in [-0.2, 0) is 11.2 Å². The van der Waals surface area contributed by atoms with E-state index in [0.29, 0.717) is 29.6 Å². The molecule has 0 saturated heterocycles. The first kappa shape index (κ1) is 21.7. The quantitative estimate of drug-likeness (QED) is 0.655. The largest absolute Gasteiger partial charge is 0.360 e. The summed E-state index contributed by atoms with van der Waals surface area (Å²) in [6.45, 7) is 8.63. The summed E-state index contributed by atoms with van der Waals surface area (Å²) in [6, 6.07) is 9.36. The molecule has 0 spiro atoms. The SMILES string of the molecule is CCCCc1ccc(C(=O)N(CCC(C)C)CC(=O)Nc2cc(C)on2)cc1. The van der Waals surface area contributed by atoms with E-state index >= 15 is 0 Å². The van der Waals surface area contributed by atoms with E-state index in [2.05, 4.69) is 31.2 Å². The zero-order chi connectivity index (χ0) is 20.5. The highest BCUT2D eigenvalue weighted by atomic mass is 16.5. The molecule has 0 saturated carbocycles. The highest BCUT2D eigenvalue weighted by Crippen LogP contribution is 2.13. The number of unbranched alkanes of at least 4 members (excludes halogenated alkanes) is 1. The third-order valence-electron chi connectivity index (χ3n) is 4.51. The first-order valence-corrected chi connectivity index (χ1v) is 10.0. The van der Waals surface area contributed by atoms with Crippen molar-refractivity contribution in [2.45, 2.75) is 53.4 Å². The molecule has 2 amide bonds. The Morgan fingerprint density at radius 1 is 1.21 bits per heavy atom. The van der Waals surface area contributed by atoms with Crippen molar-refractivity contribution in [1.82, 2.24) is 10.1 Å². The van der Waals surface area contributed by atoms with Gasteiger partial charge >= 0.3 is 0 Å². The van der Waals surface area contributed by atoms with Crippen molar-refractivity contribution in [3.8, 4) is 0 Å². The Kier molecular flexibility index (Phi) is 8.23. The van der Waals surface area contributed by atoms with Crippen LogP contribution in [0.15, 0.2) is 34.9 Å². The molecule has 0 aliphatic carbocycles. The number of aromatic nitrogens is 1. The molecule has 1 heterocycles. The number of nitrogens with one attached hydrogen (secondary N) is 1. The molecule has 6 nitrogen and oxygen atoms in total. The first-order chi connectivity index (χ1) is 13.4. The van der Waals surface area contributed by atoms with E-state index < -0.39 is 0 Å². The number of anilines is 1. The summed E-state index contributed by atoms with van der Waals surface area (Å²) in [7, 11) is 0. The van der Waals surface area contributed by atoms with Crippen molar-refractivity contribution < 1.29 is 14.1 Å². The van der Waals surface area contributed by atoms with Crippen LogP contribution in [0.1, 0.15) is 61.7 Å². The molecular weight excluding hydrogens is 354 g/mol. The van der Waals surface area contributed by atoms with Gasteiger partial charge < -0.3 is 14.7 Å². The molecule has 1 aromatic carbocycles. The molecule has 152 valence electrons. The molecule has 0 unspecified atom stereocenters. The standard InChI is InChI=1S/C22H31N3O3/c1-5-6-7-18-8-10-19(11-9-18)22(27)25(13-12-16(2)3)15-21(26)23-20-14-17(4)28-24-20/h8-11,14,16H,5-7,12-13,15H2,1-4H3,(H,23,24,26). The third kappa shape index (κ3) is 6.83. The van der Waals surface area contributed by atoms with Gasteiger partial charge in [0.1, 0.15) is 12.3 Å². The Bertz CT molecular complexity index is 766. The van der Waals surface area contributed by atoms with Crippen LogP contribution in [-0.4, -0.2) is 35.0 Å². The summed E-state index contributed by atoms with van der Waals surface area (Å²) in [5.41, 5.74) is 1.83. The lowest BCUT2D eigenvalue weighted by atomic mass is 10.1. The Morgan fingerprint density at radius 2 is 1.93 bits per heavy atom. The molecule has 0 atom stereocenters. The molecular formula is C22H31N3O3. The van der Waals surface area contributed by atoms with E-state index in [4.69, 9.17) is 4.52 Å². The van der Waals surface area contributed by atoms with Gasteiger partial charge in [0.25, 0.3) is 5.91 Å². The van der Waals surface area contributed by atoms with Crippen molar-refractivity contribution >= 4 is 17.6 Å². The van der Waals surface area contributed by atoms with Crippen LogP contribution in [0, 0.1) is 12.8 Å². The number of benzene rings is 1. The van der Waals surface area contributed by atoms with Gasteiger partial charge in [0.15, 0.2) is 5.82 Å². The average molecular weight is 386 g/mol. The van der Waals surface area contributed by atoms with E-state index in [0.717, 1.165) is 25.7 Å². The van der Waals surface area contributed by atoms with Gasteiger partial charge in [0.2, 0.25) is 5.91 Å². The van der Waals surface area contributed by atoms with Crippen LogP contribution >= 0.6 is 0 Å². The summed E-state index contributed by atoms with van der Waals surface area (Å²) < 4.78 is 4.96. The molecule has 28 heavy (non-hydrogen) atoms. The molecule has 0 aliphatic heterocycles. The second kappa shape index (κ2) is 10.6. The third-order valence-corrected chi connectivity index (χ3v) is 4.51. The molecule has 0 fully saturated rings. The lowest BCUT2D eigenvalue weighted by Crippen LogP contribution is -2.39. The minimum atomic E-state index is -0.287. The van der Waals surface area contributed by atoms with Crippen molar-refractivity contribution in [2.24, 2.45) is 5.92 Å². The van der Waals surface area contributed by atoms with Crippen LogP contribution in [0.25, 0.3) is 0 Å². The minimum Gasteiger partial charge on any atom is -0.360 e. The highest BCUT2D eigenvalue weighted by molar-refractivity contribution is 5.99. The summed E-state index contributed by atoms with van der Waals surface area (Å²) in [5, 5.41) is 6.45. The molecule has 6 heteroatoms. The zero-order valence-corrected chi connectivity index (χ0v) is 17.3. The predicted octanol–water partition coefficient (Wildman–Crippen LogP) is 4.45. The van der Waals surface area contributed by atoms with Crippen LogP contribution < -0.4 is 5.32 Å². The number of hydrogen-bond acceptors (Lipinski definition) is 4. The summed E-state index contributed by atoms with van der Waals surface area (Å²) in [6.07, 6.45) is 4.12. The fraction of sp³-hybridized carbons (Fsp3) is 0.500. The number of amides is 2. The van der Waals surface area contributed by atoms with E-state index in [-0.39, 0.29) is 18.4 Å². The Balaban J connectivity index is 2.05. The monoisotopic (exact) mass is 385 g/mol. The van der Waals surface area contributed by atoms with E-state index in [1.165, 1.54) is 5.56 Å². The van der Waals surface area contributed by atoms with Crippen molar-refractivity contribution in [2.75, 3.05) is 18.4 Å². The first-order valence-electron chi connectivity index (χ1n) is 10.0. The lowest BCUT2D eigenvalue weighted by Gasteiger charge is -2.23. The van der Waals surface area contributed by atoms with E-state index in [9.17, 15) is 9.59 Å². The fourth-order valence-electron chi connectivity index (χ4n) is 2.82. The number of rotatable bonds is 10. The molecule has 2 aromatic rings. The maximum absolute atomic E-state index is 13.0. The minimum absolute atomic E-state index is 0.0188. The number of hydrogen-bond donors (Lipinski definition) is 1. The summed E-state index contributed by atoms with van der Waals surface area (Å²) in [5.74, 6) is 0.998. The fourth-order valence-corrected chi connectivity index (χ4v) is 2.82. The van der Waals surface area contributed by atoms with Crippen molar-refractivity contribution in [3.05, 3.63) is 47.2 Å². The van der Waals surface area contributed by atoms with Gasteiger partial charge in [0, 0.05) is 18.2 Å². The number of carbonyl (C=O) groups excluding carboxylic acids is 2. The van der Waals surface area contributed by atoms with Gasteiger partial charge in [-0.05, 0) is 49.8 Å². The Labute approximate surface area is 167 Å². The topological polar surface area (TPSA) is 75.4 Å². The molecule has 0 bridgehead atoms. The smallest absolute Gasteiger partial charge is 0.254 e.